The van der Waals surface area contributed by atoms with Crippen LogP contribution >= 0.6 is 0 Å². The highest BCUT2D eigenvalue weighted by molar-refractivity contribution is 5.19. The SMILES string of the molecule is C1CNCCN1.c1ccc(Cc2conn2)cc1. The Kier molecular flexibility index (Phi) is 5.36. The van der Waals surface area contributed by atoms with E-state index in [-0.39, 0.29) is 0 Å². The smallest absolute Gasteiger partial charge is 0.147 e. The molecule has 18 heavy (non-hydrogen) atoms. The predicted octanol–water partition coefficient (Wildman–Crippen LogP) is 0.840. The highest BCUT2D eigenvalue weighted by Gasteiger charge is 1.98. The third-order valence-corrected chi connectivity index (χ3v) is 2.59. The van der Waals surface area contributed by atoms with Gasteiger partial charge in [-0.1, -0.05) is 30.3 Å². The fourth-order valence-electron chi connectivity index (χ4n) is 1.67. The quantitative estimate of drug-likeness (QED) is 0.822. The third-order valence-electron chi connectivity index (χ3n) is 2.59. The molecule has 1 aliphatic heterocycles. The van der Waals surface area contributed by atoms with E-state index in [0.29, 0.717) is 0 Å². The average molecular weight is 246 g/mol. The van der Waals surface area contributed by atoms with Crippen LogP contribution in [0.15, 0.2) is 41.1 Å². The van der Waals surface area contributed by atoms with Gasteiger partial charge < -0.3 is 15.2 Å². The second kappa shape index (κ2) is 7.58. The van der Waals surface area contributed by atoms with Crippen molar-refractivity contribution in [1.29, 1.82) is 0 Å². The molecule has 2 N–H and O–H groups in total. The van der Waals surface area contributed by atoms with Crippen LogP contribution in [-0.4, -0.2) is 36.5 Å². The summed E-state index contributed by atoms with van der Waals surface area (Å²) in [5.41, 5.74) is 2.08. The Morgan fingerprint density at radius 1 is 1.00 bits per heavy atom. The van der Waals surface area contributed by atoms with E-state index in [2.05, 4.69) is 37.7 Å². The van der Waals surface area contributed by atoms with Crippen molar-refractivity contribution in [1.82, 2.24) is 21.0 Å². The molecule has 1 aromatic heterocycles. The maximum atomic E-state index is 4.63. The number of nitrogens with one attached hydrogen (secondary N) is 2. The Balaban J connectivity index is 0.000000169. The van der Waals surface area contributed by atoms with E-state index in [0.717, 1.165) is 38.3 Å². The number of aromatic nitrogens is 2. The van der Waals surface area contributed by atoms with E-state index in [1.807, 2.05) is 18.2 Å². The van der Waals surface area contributed by atoms with Crippen molar-refractivity contribution < 1.29 is 4.52 Å². The van der Waals surface area contributed by atoms with Crippen molar-refractivity contribution in [2.45, 2.75) is 6.42 Å². The first-order chi connectivity index (χ1) is 8.95. The zero-order chi connectivity index (χ0) is 12.5. The van der Waals surface area contributed by atoms with Crippen LogP contribution in [0.3, 0.4) is 0 Å². The van der Waals surface area contributed by atoms with Crippen molar-refractivity contribution >= 4 is 0 Å². The summed E-state index contributed by atoms with van der Waals surface area (Å²) >= 11 is 0. The molecule has 96 valence electrons. The number of rotatable bonds is 2. The monoisotopic (exact) mass is 246 g/mol. The van der Waals surface area contributed by atoms with Gasteiger partial charge in [0.25, 0.3) is 0 Å². The van der Waals surface area contributed by atoms with Gasteiger partial charge in [0.1, 0.15) is 12.0 Å². The van der Waals surface area contributed by atoms with E-state index >= 15 is 0 Å². The number of hydrogen-bond donors (Lipinski definition) is 2. The minimum absolute atomic E-state index is 0.782. The van der Waals surface area contributed by atoms with E-state index in [4.69, 9.17) is 0 Å². The zero-order valence-electron chi connectivity index (χ0n) is 10.3. The number of piperazine rings is 1. The largest absolute Gasteiger partial charge is 0.345 e. The summed E-state index contributed by atoms with van der Waals surface area (Å²) < 4.78 is 4.63. The first kappa shape index (κ1) is 12.7. The van der Waals surface area contributed by atoms with E-state index in [9.17, 15) is 0 Å². The van der Waals surface area contributed by atoms with Gasteiger partial charge in [0.05, 0.1) is 0 Å². The molecule has 0 unspecified atom stereocenters. The van der Waals surface area contributed by atoms with Gasteiger partial charge in [-0.2, -0.15) is 0 Å². The lowest BCUT2D eigenvalue weighted by atomic mass is 10.1. The molecule has 5 nitrogen and oxygen atoms in total. The average Bonchev–Trinajstić information content (AvgIpc) is 2.96. The molecular formula is C13H18N4O. The molecule has 3 rings (SSSR count). The minimum Gasteiger partial charge on any atom is -0.345 e. The van der Waals surface area contributed by atoms with Gasteiger partial charge in [-0.05, 0) is 5.56 Å². The van der Waals surface area contributed by atoms with Crippen LogP contribution in [0.4, 0.5) is 0 Å². The lowest BCUT2D eigenvalue weighted by molar-refractivity contribution is 0.392. The molecule has 0 saturated carbocycles. The molecule has 0 radical (unpaired) electrons. The van der Waals surface area contributed by atoms with Crippen molar-refractivity contribution in [3.8, 4) is 0 Å². The standard InChI is InChI=1S/C9H8N2O.C4H10N2/c1-2-4-8(5-3-1)6-9-7-12-11-10-9;1-2-6-4-3-5-1/h1-5,7H,6H2;5-6H,1-4H2. The van der Waals surface area contributed by atoms with Gasteiger partial charge in [-0.15, -0.1) is 5.10 Å². The van der Waals surface area contributed by atoms with Crippen molar-refractivity contribution in [2.75, 3.05) is 26.2 Å². The minimum atomic E-state index is 0.782. The van der Waals surface area contributed by atoms with E-state index in [1.54, 1.807) is 6.26 Å². The van der Waals surface area contributed by atoms with Crippen molar-refractivity contribution in [3.05, 3.63) is 47.9 Å². The van der Waals surface area contributed by atoms with Gasteiger partial charge in [-0.25, -0.2) is 0 Å². The summed E-state index contributed by atoms with van der Waals surface area (Å²) in [6, 6.07) is 10.1. The Morgan fingerprint density at radius 3 is 2.17 bits per heavy atom. The molecule has 1 saturated heterocycles. The molecule has 1 aromatic carbocycles. The van der Waals surface area contributed by atoms with Crippen LogP contribution in [0, 0.1) is 0 Å². The van der Waals surface area contributed by atoms with E-state index < -0.39 is 0 Å². The maximum absolute atomic E-state index is 4.63. The molecule has 0 bridgehead atoms. The second-order valence-electron chi connectivity index (χ2n) is 4.06. The number of benzene rings is 1. The van der Waals surface area contributed by atoms with Gasteiger partial charge in [-0.3, -0.25) is 0 Å². The molecular weight excluding hydrogens is 228 g/mol. The van der Waals surface area contributed by atoms with Crippen LogP contribution in [0.25, 0.3) is 0 Å². The fraction of sp³-hybridized carbons (Fsp3) is 0.385. The van der Waals surface area contributed by atoms with Crippen molar-refractivity contribution in [2.24, 2.45) is 0 Å². The van der Waals surface area contributed by atoms with Crippen molar-refractivity contribution in [3.63, 3.8) is 0 Å². The normalized spacial score (nSPS) is 14.7. The molecule has 1 aliphatic rings. The first-order valence-electron chi connectivity index (χ1n) is 6.16. The zero-order valence-corrected chi connectivity index (χ0v) is 10.3. The van der Waals surface area contributed by atoms with E-state index in [1.165, 1.54) is 5.56 Å². The van der Waals surface area contributed by atoms with Crippen LogP contribution in [0.2, 0.25) is 0 Å². The van der Waals surface area contributed by atoms with Crippen LogP contribution in [-0.2, 0) is 6.42 Å². The fourth-order valence-corrected chi connectivity index (χ4v) is 1.67. The topological polar surface area (TPSA) is 63.0 Å². The molecule has 2 heterocycles. The molecule has 0 amide bonds. The Bertz CT molecular complexity index is 400. The molecule has 5 heteroatoms. The van der Waals surface area contributed by atoms with Gasteiger partial charge >= 0.3 is 0 Å². The maximum Gasteiger partial charge on any atom is 0.147 e. The summed E-state index contributed by atoms with van der Waals surface area (Å²) in [5.74, 6) is 0. The lowest BCUT2D eigenvalue weighted by Gasteiger charge is -2.11. The Labute approximate surface area is 107 Å². The third kappa shape index (κ3) is 4.65. The first-order valence-corrected chi connectivity index (χ1v) is 6.16. The van der Waals surface area contributed by atoms with Gasteiger partial charge in [0.15, 0.2) is 0 Å². The van der Waals surface area contributed by atoms with Gasteiger partial charge in [0.2, 0.25) is 0 Å². The lowest BCUT2D eigenvalue weighted by Crippen LogP contribution is -2.39. The van der Waals surface area contributed by atoms with Crippen LogP contribution in [0.5, 0.6) is 0 Å². The van der Waals surface area contributed by atoms with Crippen LogP contribution in [0.1, 0.15) is 11.3 Å². The van der Waals surface area contributed by atoms with Crippen LogP contribution < -0.4 is 10.6 Å². The highest BCUT2D eigenvalue weighted by atomic mass is 16.5. The van der Waals surface area contributed by atoms with Gasteiger partial charge in [0, 0.05) is 37.9 Å². The summed E-state index contributed by atoms with van der Waals surface area (Å²) in [4.78, 5) is 0. The molecule has 0 aliphatic carbocycles. The second-order valence-corrected chi connectivity index (χ2v) is 4.06. The summed E-state index contributed by atoms with van der Waals surface area (Å²) in [7, 11) is 0. The molecule has 0 atom stereocenters. The summed E-state index contributed by atoms with van der Waals surface area (Å²) in [5, 5.41) is 13.6. The molecule has 2 aromatic rings. The summed E-state index contributed by atoms with van der Waals surface area (Å²) in [6.45, 7) is 4.56. The number of hydrogen-bond acceptors (Lipinski definition) is 5. The Morgan fingerprint density at radius 2 is 1.67 bits per heavy atom. The number of nitrogens with zero attached hydrogens (tertiary/aromatic N) is 2. The Hall–Kier alpha value is -1.72. The predicted molar refractivity (Wildman–Crippen MR) is 69.3 cm³/mol. The highest BCUT2D eigenvalue weighted by Crippen LogP contribution is 2.04. The molecule has 0 spiro atoms. The molecule has 1 fully saturated rings. The summed E-state index contributed by atoms with van der Waals surface area (Å²) in [6.07, 6.45) is 2.34.